The van der Waals surface area contributed by atoms with Crippen LogP contribution in [0.2, 0.25) is 0 Å². The minimum Gasteiger partial charge on any atom is -0.304 e. The molecular weight excluding hydrogens is 270 g/mol. The summed E-state index contributed by atoms with van der Waals surface area (Å²) in [6.07, 6.45) is 12.8. The Hall–Kier alpha value is -0.120. The molecule has 0 aliphatic carbocycles. The van der Waals surface area contributed by atoms with E-state index in [9.17, 15) is 0 Å². The molecule has 2 saturated heterocycles. The van der Waals surface area contributed by atoms with Gasteiger partial charge in [-0.15, -0.1) is 0 Å². The Morgan fingerprint density at radius 2 is 1.32 bits per heavy atom. The highest BCUT2D eigenvalue weighted by Crippen LogP contribution is 2.18. The number of piperidine rings is 1. The van der Waals surface area contributed by atoms with E-state index >= 15 is 0 Å². The second-order valence-electron chi connectivity index (χ2n) is 7.53. The lowest BCUT2D eigenvalue weighted by molar-refractivity contribution is 0.0673. The van der Waals surface area contributed by atoms with E-state index in [1.165, 1.54) is 104 Å². The SMILES string of the molecule is CCCCCCCCCN1CCC(N2CCN(C)CC2)CC1. The highest BCUT2D eigenvalue weighted by Gasteiger charge is 2.26. The van der Waals surface area contributed by atoms with Crippen molar-refractivity contribution in [2.24, 2.45) is 0 Å². The molecule has 0 aromatic carbocycles. The van der Waals surface area contributed by atoms with Gasteiger partial charge in [0, 0.05) is 32.2 Å². The van der Waals surface area contributed by atoms with Crippen molar-refractivity contribution < 1.29 is 0 Å². The van der Waals surface area contributed by atoms with E-state index in [-0.39, 0.29) is 0 Å². The molecule has 2 heterocycles. The van der Waals surface area contributed by atoms with Crippen LogP contribution in [0.15, 0.2) is 0 Å². The fourth-order valence-electron chi connectivity index (χ4n) is 3.99. The summed E-state index contributed by atoms with van der Waals surface area (Å²) in [5, 5.41) is 0. The van der Waals surface area contributed by atoms with Gasteiger partial charge in [0.25, 0.3) is 0 Å². The zero-order chi connectivity index (χ0) is 15.6. The molecule has 2 fully saturated rings. The minimum absolute atomic E-state index is 0.874. The summed E-state index contributed by atoms with van der Waals surface area (Å²) >= 11 is 0. The number of nitrogens with zero attached hydrogens (tertiary/aromatic N) is 3. The quantitative estimate of drug-likeness (QED) is 0.604. The molecule has 0 spiro atoms. The maximum absolute atomic E-state index is 2.76. The number of hydrogen-bond donors (Lipinski definition) is 0. The number of hydrogen-bond acceptors (Lipinski definition) is 3. The molecule has 0 unspecified atom stereocenters. The van der Waals surface area contributed by atoms with Crippen molar-refractivity contribution in [3.05, 3.63) is 0 Å². The average Bonchev–Trinajstić information content (AvgIpc) is 2.55. The van der Waals surface area contributed by atoms with Crippen LogP contribution in [0.4, 0.5) is 0 Å². The molecule has 3 nitrogen and oxygen atoms in total. The van der Waals surface area contributed by atoms with Gasteiger partial charge in [0.1, 0.15) is 0 Å². The fourth-order valence-corrected chi connectivity index (χ4v) is 3.99. The van der Waals surface area contributed by atoms with Crippen molar-refractivity contribution in [1.82, 2.24) is 14.7 Å². The first-order valence-electron chi connectivity index (χ1n) is 9.94. The van der Waals surface area contributed by atoms with E-state index in [2.05, 4.69) is 28.7 Å². The predicted octanol–water partition coefficient (Wildman–Crippen LogP) is 3.45. The van der Waals surface area contributed by atoms with Gasteiger partial charge in [-0.1, -0.05) is 45.4 Å². The molecule has 0 radical (unpaired) electrons. The second kappa shape index (κ2) is 10.6. The first-order chi connectivity index (χ1) is 10.8. The van der Waals surface area contributed by atoms with Gasteiger partial charge in [0.15, 0.2) is 0 Å². The van der Waals surface area contributed by atoms with Gasteiger partial charge in [0.2, 0.25) is 0 Å². The molecule has 3 heteroatoms. The highest BCUT2D eigenvalue weighted by molar-refractivity contribution is 4.82. The molecule has 22 heavy (non-hydrogen) atoms. The molecule has 0 aromatic heterocycles. The van der Waals surface area contributed by atoms with Gasteiger partial charge in [-0.3, -0.25) is 4.90 Å². The molecule has 0 bridgehead atoms. The van der Waals surface area contributed by atoms with Crippen molar-refractivity contribution in [3.63, 3.8) is 0 Å². The molecule has 0 atom stereocenters. The van der Waals surface area contributed by atoms with Crippen LogP contribution in [0.5, 0.6) is 0 Å². The summed E-state index contributed by atoms with van der Waals surface area (Å²) in [5.74, 6) is 0. The normalized spacial score (nSPS) is 23.2. The first kappa shape index (κ1) is 18.2. The molecule has 130 valence electrons. The van der Waals surface area contributed by atoms with E-state index in [1.807, 2.05) is 0 Å². The van der Waals surface area contributed by atoms with Crippen LogP contribution in [0.3, 0.4) is 0 Å². The van der Waals surface area contributed by atoms with Crippen LogP contribution in [0.1, 0.15) is 64.7 Å². The number of likely N-dealkylation sites (tertiary alicyclic amines) is 1. The number of likely N-dealkylation sites (N-methyl/N-ethyl adjacent to an activating group) is 1. The lowest BCUT2D eigenvalue weighted by Crippen LogP contribution is -2.52. The molecule has 2 rings (SSSR count). The lowest BCUT2D eigenvalue weighted by Gasteiger charge is -2.42. The Kier molecular flexibility index (Phi) is 8.79. The van der Waals surface area contributed by atoms with Gasteiger partial charge < -0.3 is 9.80 Å². The highest BCUT2D eigenvalue weighted by atomic mass is 15.3. The van der Waals surface area contributed by atoms with Crippen molar-refractivity contribution in [2.75, 3.05) is 52.9 Å². The largest absolute Gasteiger partial charge is 0.304 e. The fraction of sp³-hybridized carbons (Fsp3) is 1.00. The summed E-state index contributed by atoms with van der Waals surface area (Å²) in [6.45, 7) is 11.4. The van der Waals surface area contributed by atoms with E-state index < -0.39 is 0 Å². The first-order valence-corrected chi connectivity index (χ1v) is 9.94. The number of piperazine rings is 1. The van der Waals surface area contributed by atoms with Crippen LogP contribution < -0.4 is 0 Å². The zero-order valence-corrected chi connectivity index (χ0v) is 15.2. The molecule has 0 N–H and O–H groups in total. The minimum atomic E-state index is 0.874. The van der Waals surface area contributed by atoms with Gasteiger partial charge in [0.05, 0.1) is 0 Å². The summed E-state index contributed by atoms with van der Waals surface area (Å²) in [5.41, 5.74) is 0. The summed E-state index contributed by atoms with van der Waals surface area (Å²) < 4.78 is 0. The smallest absolute Gasteiger partial charge is 0.0121 e. The van der Waals surface area contributed by atoms with E-state index in [0.717, 1.165) is 6.04 Å². The van der Waals surface area contributed by atoms with Gasteiger partial charge in [-0.2, -0.15) is 0 Å². The zero-order valence-electron chi connectivity index (χ0n) is 15.2. The molecule has 0 amide bonds. The summed E-state index contributed by atoms with van der Waals surface area (Å²) in [7, 11) is 2.25. The van der Waals surface area contributed by atoms with Crippen molar-refractivity contribution in [2.45, 2.75) is 70.8 Å². The van der Waals surface area contributed by atoms with Crippen LogP contribution in [0, 0.1) is 0 Å². The van der Waals surface area contributed by atoms with Crippen LogP contribution >= 0.6 is 0 Å². The van der Waals surface area contributed by atoms with Crippen molar-refractivity contribution in [3.8, 4) is 0 Å². The Morgan fingerprint density at radius 1 is 0.727 bits per heavy atom. The molecule has 2 aliphatic heterocycles. The van der Waals surface area contributed by atoms with Gasteiger partial charge in [-0.05, 0) is 45.9 Å². The van der Waals surface area contributed by atoms with Crippen LogP contribution in [0.25, 0.3) is 0 Å². The van der Waals surface area contributed by atoms with Crippen LogP contribution in [-0.2, 0) is 0 Å². The number of rotatable bonds is 9. The van der Waals surface area contributed by atoms with Crippen molar-refractivity contribution in [1.29, 1.82) is 0 Å². The Balaban J connectivity index is 1.48. The third-order valence-corrected chi connectivity index (χ3v) is 5.69. The predicted molar refractivity (Wildman–Crippen MR) is 96.5 cm³/mol. The average molecular weight is 310 g/mol. The summed E-state index contributed by atoms with van der Waals surface area (Å²) in [4.78, 5) is 7.94. The van der Waals surface area contributed by atoms with E-state index in [0.29, 0.717) is 0 Å². The molecule has 0 aromatic rings. The third-order valence-electron chi connectivity index (χ3n) is 5.69. The monoisotopic (exact) mass is 309 g/mol. The third kappa shape index (κ3) is 6.55. The lowest BCUT2D eigenvalue weighted by atomic mass is 10.0. The molecule has 2 aliphatic rings. The van der Waals surface area contributed by atoms with E-state index in [4.69, 9.17) is 0 Å². The maximum atomic E-state index is 2.76. The molecule has 0 saturated carbocycles. The molecular formula is C19H39N3. The van der Waals surface area contributed by atoms with Gasteiger partial charge >= 0.3 is 0 Å². The summed E-state index contributed by atoms with van der Waals surface area (Å²) in [6, 6.07) is 0.874. The second-order valence-corrected chi connectivity index (χ2v) is 7.53. The standard InChI is InChI=1S/C19H39N3/c1-3-4-5-6-7-8-9-12-21-13-10-19(11-14-21)22-17-15-20(2)16-18-22/h19H,3-18H2,1-2H3. The Labute approximate surface area is 139 Å². The van der Waals surface area contributed by atoms with E-state index in [1.54, 1.807) is 0 Å². The van der Waals surface area contributed by atoms with Crippen molar-refractivity contribution >= 4 is 0 Å². The van der Waals surface area contributed by atoms with Gasteiger partial charge in [-0.25, -0.2) is 0 Å². The number of unbranched alkanes of at least 4 members (excludes halogenated alkanes) is 6. The maximum Gasteiger partial charge on any atom is 0.0121 e. The van der Waals surface area contributed by atoms with Crippen LogP contribution in [-0.4, -0.2) is 73.6 Å². The Bertz CT molecular complexity index is 266. The Morgan fingerprint density at radius 3 is 1.95 bits per heavy atom. The topological polar surface area (TPSA) is 9.72 Å².